The molecular formula is C30H40ClN3O5. The van der Waals surface area contributed by atoms with Gasteiger partial charge in [-0.15, -0.1) is 13.2 Å². The molecule has 8 nitrogen and oxygen atoms in total. The normalized spacial score (nSPS) is 29.9. The van der Waals surface area contributed by atoms with E-state index in [1.807, 2.05) is 20.8 Å². The molecule has 0 radical (unpaired) electrons. The number of likely N-dealkylation sites (tertiary alicyclic amines) is 1. The highest BCUT2D eigenvalue weighted by Crippen LogP contribution is 2.64. The number of likely N-dealkylation sites (N-methyl/N-ethyl adjacent to an activating group) is 1. The van der Waals surface area contributed by atoms with Crippen molar-refractivity contribution in [1.29, 1.82) is 0 Å². The van der Waals surface area contributed by atoms with E-state index < -0.39 is 35.1 Å². The van der Waals surface area contributed by atoms with Gasteiger partial charge in [0.2, 0.25) is 11.8 Å². The molecular weight excluding hydrogens is 518 g/mol. The van der Waals surface area contributed by atoms with Crippen molar-refractivity contribution >= 4 is 35.0 Å². The van der Waals surface area contributed by atoms with Crippen molar-refractivity contribution in [2.45, 2.75) is 63.3 Å². The Kier molecular flexibility index (Phi) is 8.31. The summed E-state index contributed by atoms with van der Waals surface area (Å²) >= 11 is 6.12. The van der Waals surface area contributed by atoms with E-state index in [2.05, 4.69) is 13.2 Å². The first-order chi connectivity index (χ1) is 18.5. The summed E-state index contributed by atoms with van der Waals surface area (Å²) in [4.78, 5) is 47.4. The Labute approximate surface area is 236 Å². The van der Waals surface area contributed by atoms with E-state index in [4.69, 9.17) is 16.3 Å². The number of fused-ring (bicyclic) bond motifs is 1. The molecule has 2 unspecified atom stereocenters. The van der Waals surface area contributed by atoms with Crippen LogP contribution in [0.2, 0.25) is 5.02 Å². The Bertz CT molecular complexity index is 1140. The Balaban J connectivity index is 1.85. The van der Waals surface area contributed by atoms with Crippen LogP contribution < -0.4 is 4.90 Å². The SMILES string of the molecule is C=CCN(C)C(=O)[C@H]1[C@H]2C(=O)N([C@@H](CO)CC(C)C)C(C(=O)N(CC=C)c3ccc(Cl)cc3)C23CC[C@]1(C)O3. The summed E-state index contributed by atoms with van der Waals surface area (Å²) in [6.45, 7) is 13.7. The molecule has 3 amide bonds. The number of carbonyl (C=O) groups excluding carboxylic acids is 3. The van der Waals surface area contributed by atoms with Gasteiger partial charge in [0.25, 0.3) is 5.91 Å². The average Bonchev–Trinajstić information content (AvgIpc) is 3.46. The minimum Gasteiger partial charge on any atom is -0.394 e. The Morgan fingerprint density at radius 3 is 2.38 bits per heavy atom. The molecule has 6 atom stereocenters. The predicted octanol–water partition coefficient (Wildman–Crippen LogP) is 3.68. The van der Waals surface area contributed by atoms with Crippen molar-refractivity contribution in [1.82, 2.24) is 9.80 Å². The first-order valence-electron chi connectivity index (χ1n) is 13.6. The van der Waals surface area contributed by atoms with E-state index in [0.717, 1.165) is 0 Å². The van der Waals surface area contributed by atoms with E-state index in [1.165, 1.54) is 4.90 Å². The molecule has 1 aromatic rings. The molecule has 4 rings (SSSR count). The van der Waals surface area contributed by atoms with E-state index in [9.17, 15) is 19.5 Å². The zero-order valence-corrected chi connectivity index (χ0v) is 24.1. The fourth-order valence-electron chi connectivity index (χ4n) is 6.97. The quantitative estimate of drug-likeness (QED) is 0.419. The van der Waals surface area contributed by atoms with Gasteiger partial charge >= 0.3 is 0 Å². The number of carbonyl (C=O) groups is 3. The van der Waals surface area contributed by atoms with Crippen LogP contribution in [-0.2, 0) is 19.1 Å². The highest BCUT2D eigenvalue weighted by atomic mass is 35.5. The van der Waals surface area contributed by atoms with Crippen molar-refractivity contribution < 1.29 is 24.2 Å². The zero-order chi connectivity index (χ0) is 28.7. The Morgan fingerprint density at radius 1 is 1.18 bits per heavy atom. The molecule has 3 saturated heterocycles. The van der Waals surface area contributed by atoms with Gasteiger partial charge in [-0.25, -0.2) is 0 Å². The van der Waals surface area contributed by atoms with Crippen LogP contribution in [0.1, 0.15) is 40.0 Å². The minimum atomic E-state index is -1.19. The number of rotatable bonds is 11. The summed E-state index contributed by atoms with van der Waals surface area (Å²) in [5.41, 5.74) is -1.46. The third kappa shape index (κ3) is 4.81. The van der Waals surface area contributed by atoms with Gasteiger partial charge in [0.05, 0.1) is 30.1 Å². The van der Waals surface area contributed by atoms with Crippen LogP contribution in [0.25, 0.3) is 0 Å². The maximum atomic E-state index is 14.6. The lowest BCUT2D eigenvalue weighted by atomic mass is 9.66. The molecule has 0 saturated carbocycles. The molecule has 3 heterocycles. The molecule has 0 aliphatic carbocycles. The summed E-state index contributed by atoms with van der Waals surface area (Å²) in [6, 6.07) is 5.31. The Morgan fingerprint density at radius 2 is 1.82 bits per heavy atom. The van der Waals surface area contributed by atoms with Gasteiger partial charge in [0, 0.05) is 30.8 Å². The number of aliphatic hydroxyl groups is 1. The van der Waals surface area contributed by atoms with Crippen molar-refractivity contribution in [3.8, 4) is 0 Å². The lowest BCUT2D eigenvalue weighted by Crippen LogP contribution is -2.59. The second-order valence-corrected chi connectivity index (χ2v) is 12.1. The van der Waals surface area contributed by atoms with Gasteiger partial charge < -0.3 is 24.5 Å². The highest BCUT2D eigenvalue weighted by molar-refractivity contribution is 6.30. The number of anilines is 1. The number of amides is 3. The largest absolute Gasteiger partial charge is 0.394 e. The van der Waals surface area contributed by atoms with Gasteiger partial charge in [0.1, 0.15) is 11.6 Å². The topological polar surface area (TPSA) is 90.4 Å². The maximum Gasteiger partial charge on any atom is 0.253 e. The van der Waals surface area contributed by atoms with Crippen molar-refractivity contribution in [3.63, 3.8) is 0 Å². The lowest BCUT2D eigenvalue weighted by molar-refractivity contribution is -0.151. The van der Waals surface area contributed by atoms with Gasteiger partial charge in [-0.1, -0.05) is 37.6 Å². The van der Waals surface area contributed by atoms with Crippen LogP contribution in [0.4, 0.5) is 5.69 Å². The molecule has 9 heteroatoms. The van der Waals surface area contributed by atoms with Gasteiger partial charge in [-0.3, -0.25) is 14.4 Å². The molecule has 1 spiro atoms. The monoisotopic (exact) mass is 557 g/mol. The van der Waals surface area contributed by atoms with E-state index >= 15 is 0 Å². The van der Waals surface area contributed by atoms with Gasteiger partial charge in [-0.05, 0) is 56.4 Å². The number of hydrogen-bond acceptors (Lipinski definition) is 5. The number of nitrogens with zero attached hydrogens (tertiary/aromatic N) is 3. The number of benzene rings is 1. The van der Waals surface area contributed by atoms with Crippen molar-refractivity contribution in [2.24, 2.45) is 17.8 Å². The summed E-state index contributed by atoms with van der Waals surface area (Å²) in [6.07, 6.45) is 4.78. The van der Waals surface area contributed by atoms with Crippen molar-refractivity contribution in [2.75, 3.05) is 31.6 Å². The fraction of sp³-hybridized carbons (Fsp3) is 0.567. The molecule has 39 heavy (non-hydrogen) atoms. The van der Waals surface area contributed by atoms with Crippen LogP contribution in [-0.4, -0.2) is 82.7 Å². The first kappa shape index (κ1) is 29.3. The third-order valence-corrected chi connectivity index (χ3v) is 8.81. The molecule has 3 aliphatic rings. The number of hydrogen-bond donors (Lipinski definition) is 1. The summed E-state index contributed by atoms with van der Waals surface area (Å²) in [7, 11) is 1.69. The van der Waals surface area contributed by atoms with Crippen LogP contribution in [0.15, 0.2) is 49.6 Å². The predicted molar refractivity (Wildman–Crippen MR) is 151 cm³/mol. The summed E-state index contributed by atoms with van der Waals surface area (Å²) in [5, 5.41) is 11.0. The lowest BCUT2D eigenvalue weighted by Gasteiger charge is -2.40. The van der Waals surface area contributed by atoms with Gasteiger partial charge in [0.15, 0.2) is 0 Å². The van der Waals surface area contributed by atoms with Crippen LogP contribution in [0, 0.1) is 17.8 Å². The minimum absolute atomic E-state index is 0.162. The van der Waals surface area contributed by atoms with Crippen LogP contribution in [0.5, 0.6) is 0 Å². The van der Waals surface area contributed by atoms with E-state index in [1.54, 1.807) is 53.3 Å². The zero-order valence-electron chi connectivity index (χ0n) is 23.3. The average molecular weight is 558 g/mol. The second-order valence-electron chi connectivity index (χ2n) is 11.7. The second kappa shape index (κ2) is 11.1. The maximum absolute atomic E-state index is 14.6. The molecule has 3 aliphatic heterocycles. The summed E-state index contributed by atoms with van der Waals surface area (Å²) < 4.78 is 6.74. The van der Waals surface area contributed by atoms with E-state index in [0.29, 0.717) is 36.5 Å². The standard InChI is InChI=1S/C30H40ClN3O5/c1-7-15-32(6)26(36)23-24-27(37)34(22(18-35)17-19(3)4)25(30(24)14-13-29(23,5)39-30)28(38)33(16-8-2)21-11-9-20(31)10-12-21/h7-12,19,22-25,35H,1-2,13-18H2,3-6H3/t22-,23-,24+,25?,29+,30?/m1/s1. The molecule has 1 N–H and O–H groups in total. The molecule has 212 valence electrons. The van der Waals surface area contributed by atoms with Gasteiger partial charge in [-0.2, -0.15) is 0 Å². The smallest absolute Gasteiger partial charge is 0.253 e. The number of halogens is 1. The Hall–Kier alpha value is -2.68. The molecule has 2 bridgehead atoms. The highest BCUT2D eigenvalue weighted by Gasteiger charge is 2.78. The number of aliphatic hydroxyl groups excluding tert-OH is 1. The number of ether oxygens (including phenoxy) is 1. The fourth-order valence-corrected chi connectivity index (χ4v) is 7.10. The molecule has 3 fully saturated rings. The molecule has 1 aromatic carbocycles. The van der Waals surface area contributed by atoms with Crippen LogP contribution in [0.3, 0.4) is 0 Å². The molecule has 0 aromatic heterocycles. The third-order valence-electron chi connectivity index (χ3n) is 8.56. The van der Waals surface area contributed by atoms with E-state index in [-0.39, 0.29) is 36.8 Å². The van der Waals surface area contributed by atoms with Crippen LogP contribution >= 0.6 is 11.6 Å². The first-order valence-corrected chi connectivity index (χ1v) is 14.0. The summed E-state index contributed by atoms with van der Waals surface area (Å²) in [5.74, 6) is -2.25. The van der Waals surface area contributed by atoms with Crippen molar-refractivity contribution in [3.05, 3.63) is 54.6 Å².